The Morgan fingerprint density at radius 2 is 1.30 bits per heavy atom. The Hall–Kier alpha value is -6.12. The van der Waals surface area contributed by atoms with E-state index < -0.39 is 0 Å². The molecule has 0 saturated carbocycles. The van der Waals surface area contributed by atoms with Crippen molar-refractivity contribution in [1.29, 1.82) is 0 Å². The van der Waals surface area contributed by atoms with Gasteiger partial charge in [-0.2, -0.15) is 0 Å². The van der Waals surface area contributed by atoms with Gasteiger partial charge in [-0.3, -0.25) is 0 Å². The average molecular weight is 789 g/mol. The van der Waals surface area contributed by atoms with Gasteiger partial charge in [0.1, 0.15) is 0 Å². The molecule has 1 aliphatic carbocycles. The second kappa shape index (κ2) is 18.0. The van der Waals surface area contributed by atoms with E-state index in [1.807, 2.05) is 44.2 Å². The molecule has 0 amide bonds. The number of rotatable bonds is 8. The predicted octanol–water partition coefficient (Wildman–Crippen LogP) is 14.2. The number of hydrogen-bond donors (Lipinski definition) is 0. The SMILES string of the molecule is C=C(C)/C=C\C=C/C.C=C\C=C/C(CC)=C(/C=C1/C=CC=CC1)c1ccc2c(c1)C(C)(C)c1cc3c(cc1N2C)C(C)(C)c1cc(/C(C)=c2\ccccc2=C)ccc1N3C. The van der Waals surface area contributed by atoms with Gasteiger partial charge in [0.2, 0.25) is 0 Å². The van der Waals surface area contributed by atoms with Crippen molar-refractivity contribution >= 4 is 40.5 Å². The third kappa shape index (κ3) is 8.48. The summed E-state index contributed by atoms with van der Waals surface area (Å²) < 4.78 is 0. The summed E-state index contributed by atoms with van der Waals surface area (Å²) in [4.78, 5) is 4.82. The summed E-state index contributed by atoms with van der Waals surface area (Å²) in [5.41, 5.74) is 18.8. The lowest BCUT2D eigenvalue weighted by molar-refractivity contribution is 0.612. The van der Waals surface area contributed by atoms with Gasteiger partial charge in [-0.05, 0) is 136 Å². The van der Waals surface area contributed by atoms with Crippen LogP contribution in [0.25, 0.3) is 17.7 Å². The van der Waals surface area contributed by atoms with Crippen molar-refractivity contribution in [2.24, 2.45) is 0 Å². The molecule has 0 saturated heterocycles. The van der Waals surface area contributed by atoms with E-state index in [-0.39, 0.29) is 10.8 Å². The molecule has 4 aromatic rings. The van der Waals surface area contributed by atoms with Crippen LogP contribution in [0.1, 0.15) is 102 Å². The summed E-state index contributed by atoms with van der Waals surface area (Å²) in [5, 5.41) is 2.26. The first kappa shape index (κ1) is 43.5. The molecule has 2 aliphatic heterocycles. The highest BCUT2D eigenvalue weighted by Gasteiger charge is 2.41. The third-order valence-corrected chi connectivity index (χ3v) is 12.5. The molecule has 2 heterocycles. The highest BCUT2D eigenvalue weighted by molar-refractivity contribution is 5.88. The van der Waals surface area contributed by atoms with Gasteiger partial charge in [-0.25, -0.2) is 0 Å². The first-order valence-electron chi connectivity index (χ1n) is 21.4. The molecule has 0 spiro atoms. The van der Waals surface area contributed by atoms with Gasteiger partial charge in [0.15, 0.2) is 0 Å². The minimum atomic E-state index is -0.222. The van der Waals surface area contributed by atoms with E-state index in [1.54, 1.807) is 0 Å². The zero-order valence-electron chi connectivity index (χ0n) is 37.8. The molecule has 0 N–H and O–H groups in total. The topological polar surface area (TPSA) is 6.48 Å². The van der Waals surface area contributed by atoms with Gasteiger partial charge >= 0.3 is 0 Å². The van der Waals surface area contributed by atoms with Gasteiger partial charge in [-0.15, -0.1) is 0 Å². The Morgan fingerprint density at radius 3 is 1.83 bits per heavy atom. The van der Waals surface area contributed by atoms with Crippen LogP contribution in [0.5, 0.6) is 0 Å². The summed E-state index contributed by atoms with van der Waals surface area (Å²) in [6.45, 7) is 30.0. The highest BCUT2D eigenvalue weighted by atomic mass is 15.1. The van der Waals surface area contributed by atoms with Gasteiger partial charge in [-0.1, -0.05) is 169 Å². The summed E-state index contributed by atoms with van der Waals surface area (Å²) >= 11 is 0. The Morgan fingerprint density at radius 1 is 0.717 bits per heavy atom. The summed E-state index contributed by atoms with van der Waals surface area (Å²) in [6.07, 6.45) is 27.0. The van der Waals surface area contributed by atoms with E-state index in [0.717, 1.165) is 23.6 Å². The van der Waals surface area contributed by atoms with Crippen molar-refractivity contribution in [2.45, 2.75) is 79.1 Å². The van der Waals surface area contributed by atoms with Crippen molar-refractivity contribution in [2.75, 3.05) is 23.9 Å². The lowest BCUT2D eigenvalue weighted by atomic mass is 9.68. The molecule has 4 aromatic carbocycles. The van der Waals surface area contributed by atoms with Crippen LogP contribution < -0.4 is 20.2 Å². The Kier molecular flexibility index (Phi) is 13.0. The fraction of sp³-hybridized carbons (Fsp3) is 0.241. The van der Waals surface area contributed by atoms with E-state index in [1.165, 1.54) is 83.6 Å². The second-order valence-electron chi connectivity index (χ2n) is 17.3. The number of benzene rings is 4. The first-order chi connectivity index (χ1) is 28.6. The van der Waals surface area contributed by atoms with Gasteiger partial charge in [0.25, 0.3) is 0 Å². The van der Waals surface area contributed by atoms with Crippen LogP contribution in [0, 0.1) is 0 Å². The van der Waals surface area contributed by atoms with Crippen LogP contribution in [-0.4, -0.2) is 14.1 Å². The minimum absolute atomic E-state index is 0.201. The zero-order chi connectivity index (χ0) is 43.4. The summed E-state index contributed by atoms with van der Waals surface area (Å²) in [6, 6.07) is 27.5. The molecule has 60 heavy (non-hydrogen) atoms. The average Bonchev–Trinajstić information content (AvgIpc) is 3.24. The van der Waals surface area contributed by atoms with Crippen LogP contribution >= 0.6 is 0 Å². The van der Waals surface area contributed by atoms with E-state index in [2.05, 4.69) is 201 Å². The molecule has 0 radical (unpaired) electrons. The molecule has 2 heteroatoms. The number of anilines is 4. The lowest BCUT2D eigenvalue weighted by Crippen LogP contribution is -2.35. The van der Waals surface area contributed by atoms with Crippen LogP contribution in [0.4, 0.5) is 22.7 Å². The smallest absolute Gasteiger partial charge is 0.0454 e. The van der Waals surface area contributed by atoms with E-state index in [9.17, 15) is 0 Å². The van der Waals surface area contributed by atoms with Crippen LogP contribution in [-0.2, 0) is 10.8 Å². The number of fused-ring (bicyclic) bond motifs is 4. The minimum Gasteiger partial charge on any atom is -0.344 e. The van der Waals surface area contributed by atoms with E-state index in [0.29, 0.717) is 0 Å². The first-order valence-corrected chi connectivity index (χ1v) is 21.4. The van der Waals surface area contributed by atoms with Crippen molar-refractivity contribution in [3.05, 3.63) is 219 Å². The van der Waals surface area contributed by atoms with Crippen molar-refractivity contribution in [3.63, 3.8) is 0 Å². The maximum Gasteiger partial charge on any atom is 0.0454 e. The molecule has 2 nitrogen and oxygen atoms in total. The van der Waals surface area contributed by atoms with Crippen molar-refractivity contribution < 1.29 is 0 Å². The van der Waals surface area contributed by atoms with Crippen LogP contribution in [0.15, 0.2) is 176 Å². The van der Waals surface area contributed by atoms with Gasteiger partial charge in [0.05, 0.1) is 0 Å². The van der Waals surface area contributed by atoms with Crippen molar-refractivity contribution in [3.8, 4) is 0 Å². The monoisotopic (exact) mass is 789 g/mol. The summed E-state index contributed by atoms with van der Waals surface area (Å²) in [7, 11) is 4.47. The van der Waals surface area contributed by atoms with E-state index >= 15 is 0 Å². The molecule has 0 unspecified atom stereocenters. The Balaban J connectivity index is 0.000000686. The van der Waals surface area contributed by atoms with Crippen LogP contribution in [0.2, 0.25) is 0 Å². The summed E-state index contributed by atoms with van der Waals surface area (Å²) in [5.74, 6) is 0. The van der Waals surface area contributed by atoms with Crippen LogP contribution in [0.3, 0.4) is 0 Å². The Bertz CT molecular complexity index is 2660. The molecule has 7 rings (SSSR count). The predicted molar refractivity (Wildman–Crippen MR) is 265 cm³/mol. The largest absolute Gasteiger partial charge is 0.344 e. The number of nitrogens with zero attached hydrogens (tertiary/aromatic N) is 2. The molecular formula is C58H64N2. The van der Waals surface area contributed by atoms with Gasteiger partial charge < -0.3 is 9.80 Å². The molecule has 306 valence electrons. The highest BCUT2D eigenvalue weighted by Crippen LogP contribution is 2.55. The normalized spacial score (nSPS) is 17.5. The Labute approximate surface area is 361 Å². The standard InChI is InChI=1S/C50H52N2.C8H12/c1-11-13-22-36(12-2)40(28-35-20-15-14-16-21-35)38-25-27-46-42(30-38)50(7,8)44-32-47-43(31-48(44)52(46)10)49(5,6)41-29-37(24-26-45(41)51(47)9)34(4)39-23-18-17-19-33(39)3;1-4-5-6-7-8(2)3/h11,13-20,22-32H,1,3,12,21H2,2,4-10H3;4-7H,2H2,1,3H3/b22-13-,35-28-,39-34+,40-36-;5-4-,7-6-. The molecule has 0 aromatic heterocycles. The maximum absolute atomic E-state index is 4.31. The second-order valence-corrected chi connectivity index (χ2v) is 17.3. The molecule has 0 atom stereocenters. The lowest BCUT2D eigenvalue weighted by Gasteiger charge is -2.45. The maximum atomic E-state index is 4.31. The zero-order valence-corrected chi connectivity index (χ0v) is 37.8. The molecular weight excluding hydrogens is 725 g/mol. The van der Waals surface area contributed by atoms with Gasteiger partial charge in [0, 0.05) is 47.7 Å². The number of allylic oxidation sites excluding steroid dienone is 16. The quantitative estimate of drug-likeness (QED) is 0.164. The van der Waals surface area contributed by atoms with E-state index in [4.69, 9.17) is 0 Å². The molecule has 3 aliphatic rings. The molecule has 0 fully saturated rings. The van der Waals surface area contributed by atoms with Crippen molar-refractivity contribution in [1.82, 2.24) is 0 Å². The molecule has 0 bridgehead atoms. The third-order valence-electron chi connectivity index (χ3n) is 12.5. The number of hydrogen-bond acceptors (Lipinski definition) is 2. The fourth-order valence-electron chi connectivity index (χ4n) is 8.88. The fourth-order valence-corrected chi connectivity index (χ4v) is 8.88.